The molecule has 13 heteroatoms. The second kappa shape index (κ2) is 15.6. The summed E-state index contributed by atoms with van der Waals surface area (Å²) >= 11 is 1.52. The number of nitrogens with two attached hydrogens (primary N) is 1. The molecule has 1 fully saturated rings. The number of aliphatic hydroxyl groups is 1. The first-order valence-electron chi connectivity index (χ1n) is 14.7. The summed E-state index contributed by atoms with van der Waals surface area (Å²) in [7, 11) is 3.18. The number of amides is 3. The Morgan fingerprint density at radius 1 is 1.20 bits per heavy atom. The Bertz CT molecular complexity index is 1290. The molecule has 1 aromatic carbocycles. The summed E-state index contributed by atoms with van der Waals surface area (Å²) in [6, 6.07) is 4.93. The Kier molecular flexibility index (Phi) is 12.4. The molecule has 1 saturated heterocycles. The highest BCUT2D eigenvalue weighted by Crippen LogP contribution is 2.29. The van der Waals surface area contributed by atoms with Gasteiger partial charge in [0.2, 0.25) is 17.7 Å². The van der Waals surface area contributed by atoms with Crippen LogP contribution in [-0.2, 0) is 28.7 Å². The molecule has 4 atom stereocenters. The van der Waals surface area contributed by atoms with Gasteiger partial charge in [-0.1, -0.05) is 45.0 Å². The molecule has 1 aliphatic heterocycles. The third-order valence-corrected chi connectivity index (χ3v) is 8.69. The summed E-state index contributed by atoms with van der Waals surface area (Å²) in [6.45, 7) is 8.04. The van der Waals surface area contributed by atoms with E-state index in [0.717, 1.165) is 16.1 Å². The average Bonchev–Trinajstić information content (AvgIpc) is 3.60. The Hall–Kier alpha value is -3.39. The standard InChI is InChI=1S/C31H45N5O7S/c1-19-27(44-18-33-19)21-9-7-20(8-10-21)23(17-43-26(39)12-11-25(38)35(5)13-14-42-6)34-29(40)24-15-22(37)16-36(24)30(41)28(32)31(2,3)4/h7-10,18,22-24,28,37H,11-17,32H2,1-6H3,(H,34,40)/t22-,23+,24+,28-/m1/s1. The maximum Gasteiger partial charge on any atom is 0.306 e. The van der Waals surface area contributed by atoms with Crippen LogP contribution >= 0.6 is 11.3 Å². The number of rotatable bonds is 13. The number of thiazole rings is 1. The highest BCUT2D eigenvalue weighted by atomic mass is 32.1. The van der Waals surface area contributed by atoms with Gasteiger partial charge >= 0.3 is 5.97 Å². The van der Waals surface area contributed by atoms with Gasteiger partial charge in [-0.15, -0.1) is 11.3 Å². The maximum absolute atomic E-state index is 13.6. The van der Waals surface area contributed by atoms with Gasteiger partial charge in [0, 0.05) is 40.1 Å². The van der Waals surface area contributed by atoms with Crippen LogP contribution in [0.5, 0.6) is 0 Å². The van der Waals surface area contributed by atoms with Crippen LogP contribution in [0, 0.1) is 12.3 Å². The molecule has 242 valence electrons. The molecule has 12 nitrogen and oxygen atoms in total. The molecule has 3 amide bonds. The molecule has 1 aromatic heterocycles. The van der Waals surface area contributed by atoms with Crippen molar-refractivity contribution in [1.29, 1.82) is 0 Å². The summed E-state index contributed by atoms with van der Waals surface area (Å²) < 4.78 is 10.5. The van der Waals surface area contributed by atoms with Crippen molar-refractivity contribution in [3.05, 3.63) is 41.0 Å². The summed E-state index contributed by atoms with van der Waals surface area (Å²) in [6.07, 6.45) is -0.963. The normalized spacial score (nSPS) is 18.0. The second-order valence-corrected chi connectivity index (χ2v) is 13.0. The maximum atomic E-state index is 13.6. The van der Waals surface area contributed by atoms with Gasteiger partial charge in [-0.05, 0) is 23.5 Å². The van der Waals surface area contributed by atoms with Crippen molar-refractivity contribution in [3.8, 4) is 10.4 Å². The zero-order valence-electron chi connectivity index (χ0n) is 26.4. The fourth-order valence-corrected chi connectivity index (χ4v) is 5.60. The number of carbonyl (C=O) groups is 4. The molecular weight excluding hydrogens is 586 g/mol. The fraction of sp³-hybridized carbons (Fsp3) is 0.581. The van der Waals surface area contributed by atoms with Gasteiger partial charge in [-0.3, -0.25) is 19.2 Å². The smallest absolute Gasteiger partial charge is 0.306 e. The van der Waals surface area contributed by atoms with Crippen LogP contribution in [0.4, 0.5) is 0 Å². The summed E-state index contributed by atoms with van der Waals surface area (Å²) in [5.41, 5.74) is 9.98. The van der Waals surface area contributed by atoms with Crippen LogP contribution in [0.15, 0.2) is 29.8 Å². The van der Waals surface area contributed by atoms with Crippen molar-refractivity contribution in [1.82, 2.24) is 20.1 Å². The number of aryl methyl sites for hydroxylation is 1. The zero-order chi connectivity index (χ0) is 32.6. The molecule has 44 heavy (non-hydrogen) atoms. The molecule has 0 saturated carbocycles. The molecule has 0 aliphatic carbocycles. The van der Waals surface area contributed by atoms with Crippen molar-refractivity contribution in [2.75, 3.05) is 40.5 Å². The van der Waals surface area contributed by atoms with E-state index >= 15 is 0 Å². The lowest BCUT2D eigenvalue weighted by Crippen LogP contribution is -2.55. The van der Waals surface area contributed by atoms with Crippen LogP contribution in [0.25, 0.3) is 10.4 Å². The third-order valence-electron chi connectivity index (χ3n) is 7.71. The first kappa shape index (κ1) is 35.1. The number of aliphatic hydroxyl groups excluding tert-OH is 1. The van der Waals surface area contributed by atoms with Crippen LogP contribution in [0.1, 0.15) is 57.3 Å². The minimum atomic E-state index is -0.941. The SMILES string of the molecule is COCCN(C)C(=O)CCC(=O)OC[C@H](NC(=O)[C@@H]1C[C@@H](O)CN1C(=O)[C@@H](N)C(C)(C)C)c1ccc(-c2scnc2C)cc1. The van der Waals surface area contributed by atoms with E-state index in [9.17, 15) is 24.3 Å². The predicted molar refractivity (Wildman–Crippen MR) is 166 cm³/mol. The Morgan fingerprint density at radius 3 is 2.48 bits per heavy atom. The summed E-state index contributed by atoms with van der Waals surface area (Å²) in [4.78, 5) is 59.9. The van der Waals surface area contributed by atoms with Gasteiger partial charge in [-0.25, -0.2) is 4.98 Å². The number of β-amino-alcohol motifs (C(OH)–C–C–N with tert-alkyl or cyclic N) is 1. The number of methoxy groups -OCH3 is 1. The van der Waals surface area contributed by atoms with Crippen molar-refractivity contribution in [2.24, 2.45) is 11.1 Å². The molecule has 2 heterocycles. The van der Waals surface area contributed by atoms with E-state index in [1.165, 1.54) is 21.1 Å². The number of carbonyl (C=O) groups excluding carboxylic acids is 4. The molecule has 3 rings (SSSR count). The number of hydrogen-bond donors (Lipinski definition) is 3. The molecule has 0 radical (unpaired) electrons. The number of nitrogens with one attached hydrogen (secondary N) is 1. The van der Waals surface area contributed by atoms with E-state index in [2.05, 4.69) is 10.3 Å². The summed E-state index contributed by atoms with van der Waals surface area (Å²) in [5, 5.41) is 13.3. The molecule has 0 spiro atoms. The Labute approximate surface area is 262 Å². The number of esters is 1. The van der Waals surface area contributed by atoms with E-state index in [-0.39, 0.29) is 38.3 Å². The van der Waals surface area contributed by atoms with E-state index < -0.39 is 47.4 Å². The van der Waals surface area contributed by atoms with Gasteiger partial charge < -0.3 is 35.4 Å². The molecule has 2 aromatic rings. The first-order chi connectivity index (χ1) is 20.7. The van der Waals surface area contributed by atoms with Gasteiger partial charge in [0.1, 0.15) is 12.6 Å². The molecule has 4 N–H and O–H groups in total. The Morgan fingerprint density at radius 2 is 1.89 bits per heavy atom. The van der Waals surface area contributed by atoms with Crippen LogP contribution in [0.2, 0.25) is 0 Å². The number of likely N-dealkylation sites (tertiary alicyclic amines) is 1. The monoisotopic (exact) mass is 631 g/mol. The minimum Gasteiger partial charge on any atom is -0.463 e. The number of nitrogens with zero attached hydrogens (tertiary/aromatic N) is 3. The van der Waals surface area contributed by atoms with Crippen molar-refractivity contribution >= 4 is 35.0 Å². The number of ether oxygens (including phenoxy) is 2. The highest BCUT2D eigenvalue weighted by Gasteiger charge is 2.43. The fourth-order valence-electron chi connectivity index (χ4n) is 4.79. The van der Waals surface area contributed by atoms with Gasteiger partial charge in [0.15, 0.2) is 0 Å². The number of benzene rings is 1. The first-order valence-corrected chi connectivity index (χ1v) is 15.5. The molecule has 0 bridgehead atoms. The molecule has 0 unspecified atom stereocenters. The number of aromatic nitrogens is 1. The van der Waals surface area contributed by atoms with E-state index in [0.29, 0.717) is 18.7 Å². The van der Waals surface area contributed by atoms with Gasteiger partial charge in [0.05, 0.1) is 47.3 Å². The van der Waals surface area contributed by atoms with Crippen molar-refractivity contribution in [2.45, 2.75) is 71.2 Å². The lowest BCUT2D eigenvalue weighted by Gasteiger charge is -2.33. The lowest BCUT2D eigenvalue weighted by atomic mass is 9.86. The topological polar surface area (TPSA) is 164 Å². The van der Waals surface area contributed by atoms with Crippen LogP contribution in [-0.4, -0.2) is 102 Å². The molecule has 1 aliphatic rings. The van der Waals surface area contributed by atoms with Gasteiger partial charge in [-0.2, -0.15) is 0 Å². The van der Waals surface area contributed by atoms with Crippen LogP contribution in [0.3, 0.4) is 0 Å². The van der Waals surface area contributed by atoms with E-state index in [4.69, 9.17) is 15.2 Å². The summed E-state index contributed by atoms with van der Waals surface area (Å²) in [5.74, 6) is -1.70. The van der Waals surface area contributed by atoms with Crippen LogP contribution < -0.4 is 11.1 Å². The highest BCUT2D eigenvalue weighted by molar-refractivity contribution is 7.13. The van der Waals surface area contributed by atoms with Gasteiger partial charge in [0.25, 0.3) is 0 Å². The largest absolute Gasteiger partial charge is 0.463 e. The average molecular weight is 632 g/mol. The second-order valence-electron chi connectivity index (χ2n) is 12.2. The Balaban J connectivity index is 1.75. The lowest BCUT2D eigenvalue weighted by molar-refractivity contribution is -0.147. The quantitative estimate of drug-likeness (QED) is 0.281. The van der Waals surface area contributed by atoms with E-state index in [1.807, 2.05) is 52.0 Å². The minimum absolute atomic E-state index is 0.00386. The van der Waals surface area contributed by atoms with Crippen molar-refractivity contribution < 1.29 is 33.8 Å². The zero-order valence-corrected chi connectivity index (χ0v) is 27.2. The number of likely N-dealkylation sites (N-methyl/N-ethyl adjacent to an activating group) is 1. The van der Waals surface area contributed by atoms with E-state index in [1.54, 1.807) is 19.7 Å². The predicted octanol–water partition coefficient (Wildman–Crippen LogP) is 2.04. The van der Waals surface area contributed by atoms with Crippen molar-refractivity contribution in [3.63, 3.8) is 0 Å². The molecular formula is C31H45N5O7S. The number of hydrogen-bond acceptors (Lipinski definition) is 10. The third kappa shape index (κ3) is 9.31.